The van der Waals surface area contributed by atoms with Gasteiger partial charge in [-0.25, -0.2) is 0 Å². The Morgan fingerprint density at radius 2 is 1.75 bits per heavy atom. The molecule has 0 atom stereocenters. The van der Waals surface area contributed by atoms with Crippen molar-refractivity contribution in [3.63, 3.8) is 0 Å². The lowest BCUT2D eigenvalue weighted by atomic mass is 9.85. The molecule has 1 fully saturated rings. The van der Waals surface area contributed by atoms with Gasteiger partial charge in [-0.1, -0.05) is 0 Å². The Bertz CT molecular complexity index is 115. The molecule has 0 aromatic carbocycles. The highest BCUT2D eigenvalue weighted by molar-refractivity contribution is 4.77. The van der Waals surface area contributed by atoms with Gasteiger partial charge >= 0.3 is 0 Å². The summed E-state index contributed by atoms with van der Waals surface area (Å²) in [5.41, 5.74) is 0. The van der Waals surface area contributed by atoms with Gasteiger partial charge in [-0.05, 0) is 59.3 Å². The second kappa shape index (κ2) is 4.83. The van der Waals surface area contributed by atoms with Crippen LogP contribution in [0.1, 0.15) is 25.7 Å². The molecule has 1 aliphatic rings. The van der Waals surface area contributed by atoms with Crippen molar-refractivity contribution in [2.45, 2.75) is 31.7 Å². The SMILES string of the molecule is CNCC1CCC(N(C)C)CC1. The highest BCUT2D eigenvalue weighted by Gasteiger charge is 2.21. The number of nitrogens with one attached hydrogen (secondary N) is 1. The van der Waals surface area contributed by atoms with Crippen LogP contribution >= 0.6 is 0 Å². The summed E-state index contributed by atoms with van der Waals surface area (Å²) in [6.45, 7) is 1.21. The minimum atomic E-state index is 0.845. The summed E-state index contributed by atoms with van der Waals surface area (Å²) in [4.78, 5) is 2.37. The molecule has 2 heteroatoms. The summed E-state index contributed by atoms with van der Waals surface area (Å²) in [5, 5.41) is 3.27. The van der Waals surface area contributed by atoms with E-state index in [4.69, 9.17) is 0 Å². The molecule has 0 heterocycles. The van der Waals surface area contributed by atoms with Crippen LogP contribution in [0, 0.1) is 5.92 Å². The number of hydrogen-bond donors (Lipinski definition) is 1. The molecule has 0 unspecified atom stereocenters. The van der Waals surface area contributed by atoms with Crippen LogP contribution in [-0.4, -0.2) is 38.6 Å². The normalized spacial score (nSPS) is 31.0. The van der Waals surface area contributed by atoms with Crippen LogP contribution in [0.4, 0.5) is 0 Å². The van der Waals surface area contributed by atoms with Crippen molar-refractivity contribution >= 4 is 0 Å². The third kappa shape index (κ3) is 2.76. The van der Waals surface area contributed by atoms with E-state index in [-0.39, 0.29) is 0 Å². The van der Waals surface area contributed by atoms with Crippen LogP contribution in [0.5, 0.6) is 0 Å². The molecule has 1 rings (SSSR count). The number of hydrogen-bond acceptors (Lipinski definition) is 2. The monoisotopic (exact) mass is 170 g/mol. The molecule has 1 aliphatic carbocycles. The average Bonchev–Trinajstić information content (AvgIpc) is 2.06. The quantitative estimate of drug-likeness (QED) is 0.687. The zero-order chi connectivity index (χ0) is 8.97. The third-order valence-electron chi connectivity index (χ3n) is 3.04. The van der Waals surface area contributed by atoms with Crippen molar-refractivity contribution in [1.29, 1.82) is 0 Å². The molecule has 0 radical (unpaired) electrons. The van der Waals surface area contributed by atoms with E-state index in [0.29, 0.717) is 0 Å². The topological polar surface area (TPSA) is 15.3 Å². The maximum atomic E-state index is 3.27. The van der Waals surface area contributed by atoms with E-state index in [2.05, 4.69) is 31.4 Å². The predicted octanol–water partition coefficient (Wildman–Crippen LogP) is 1.33. The fraction of sp³-hybridized carbons (Fsp3) is 1.00. The standard InChI is InChI=1S/C10H22N2/c1-11-8-9-4-6-10(7-5-9)12(2)3/h9-11H,4-8H2,1-3H3. The molecule has 0 saturated heterocycles. The maximum absolute atomic E-state index is 3.27. The predicted molar refractivity (Wildman–Crippen MR) is 53.4 cm³/mol. The number of nitrogens with zero attached hydrogens (tertiary/aromatic N) is 1. The molecule has 0 spiro atoms. The first kappa shape index (κ1) is 10.0. The minimum absolute atomic E-state index is 0.845. The lowest BCUT2D eigenvalue weighted by Crippen LogP contribution is -2.34. The van der Waals surface area contributed by atoms with E-state index in [1.54, 1.807) is 0 Å². The van der Waals surface area contributed by atoms with Crippen molar-refractivity contribution in [2.24, 2.45) is 5.92 Å². The smallest absolute Gasteiger partial charge is 0.00893 e. The molecule has 0 aromatic heterocycles. The molecule has 0 amide bonds. The Labute approximate surface area is 76.3 Å². The summed E-state index contributed by atoms with van der Waals surface area (Å²) in [5.74, 6) is 0.936. The average molecular weight is 170 g/mol. The van der Waals surface area contributed by atoms with E-state index in [0.717, 1.165) is 12.0 Å². The summed E-state index contributed by atoms with van der Waals surface area (Å²) >= 11 is 0. The van der Waals surface area contributed by atoms with Crippen LogP contribution in [0.3, 0.4) is 0 Å². The zero-order valence-electron chi connectivity index (χ0n) is 8.64. The van der Waals surface area contributed by atoms with Crippen LogP contribution in [0.2, 0.25) is 0 Å². The third-order valence-corrected chi connectivity index (χ3v) is 3.04. The first-order valence-electron chi connectivity index (χ1n) is 5.05. The van der Waals surface area contributed by atoms with Crippen LogP contribution in [-0.2, 0) is 0 Å². The first-order valence-corrected chi connectivity index (χ1v) is 5.05. The van der Waals surface area contributed by atoms with Gasteiger partial charge in [0.05, 0.1) is 0 Å². The second-order valence-electron chi connectivity index (χ2n) is 4.20. The lowest BCUT2D eigenvalue weighted by Gasteiger charge is -2.32. The zero-order valence-corrected chi connectivity index (χ0v) is 8.64. The van der Waals surface area contributed by atoms with Crippen LogP contribution in [0.15, 0.2) is 0 Å². The van der Waals surface area contributed by atoms with Gasteiger partial charge in [0.2, 0.25) is 0 Å². The fourth-order valence-corrected chi connectivity index (χ4v) is 2.15. The first-order chi connectivity index (χ1) is 5.74. The highest BCUT2D eigenvalue weighted by Crippen LogP contribution is 2.25. The summed E-state index contributed by atoms with van der Waals surface area (Å²) in [6, 6.07) is 0.845. The van der Waals surface area contributed by atoms with Gasteiger partial charge in [0.15, 0.2) is 0 Å². The Morgan fingerprint density at radius 3 is 2.17 bits per heavy atom. The molecule has 0 aromatic rings. The molecule has 2 nitrogen and oxygen atoms in total. The molecule has 1 saturated carbocycles. The molecule has 0 bridgehead atoms. The Morgan fingerprint density at radius 1 is 1.17 bits per heavy atom. The van der Waals surface area contributed by atoms with Gasteiger partial charge in [0, 0.05) is 6.04 Å². The fourth-order valence-electron chi connectivity index (χ4n) is 2.15. The van der Waals surface area contributed by atoms with Crippen LogP contribution < -0.4 is 5.32 Å². The van der Waals surface area contributed by atoms with Gasteiger partial charge in [0.25, 0.3) is 0 Å². The van der Waals surface area contributed by atoms with Gasteiger partial charge in [-0.3, -0.25) is 0 Å². The summed E-state index contributed by atoms with van der Waals surface area (Å²) in [7, 11) is 6.45. The van der Waals surface area contributed by atoms with Crippen molar-refractivity contribution in [1.82, 2.24) is 10.2 Å². The number of rotatable bonds is 3. The molecule has 72 valence electrons. The van der Waals surface area contributed by atoms with E-state index in [9.17, 15) is 0 Å². The molecule has 0 aliphatic heterocycles. The van der Waals surface area contributed by atoms with Crippen molar-refractivity contribution in [2.75, 3.05) is 27.7 Å². The Kier molecular flexibility index (Phi) is 4.02. The van der Waals surface area contributed by atoms with Gasteiger partial charge in [0.1, 0.15) is 0 Å². The summed E-state index contributed by atoms with van der Waals surface area (Å²) in [6.07, 6.45) is 5.59. The van der Waals surface area contributed by atoms with Gasteiger partial charge < -0.3 is 10.2 Å². The Balaban J connectivity index is 2.20. The second-order valence-corrected chi connectivity index (χ2v) is 4.20. The highest BCUT2D eigenvalue weighted by atomic mass is 15.1. The lowest BCUT2D eigenvalue weighted by molar-refractivity contribution is 0.193. The van der Waals surface area contributed by atoms with E-state index in [1.807, 2.05) is 0 Å². The molecular weight excluding hydrogens is 148 g/mol. The van der Waals surface area contributed by atoms with Gasteiger partial charge in [-0.15, -0.1) is 0 Å². The Hall–Kier alpha value is -0.0800. The van der Waals surface area contributed by atoms with Crippen LogP contribution in [0.25, 0.3) is 0 Å². The molecule has 1 N–H and O–H groups in total. The van der Waals surface area contributed by atoms with E-state index < -0.39 is 0 Å². The van der Waals surface area contributed by atoms with Crippen molar-refractivity contribution in [3.05, 3.63) is 0 Å². The maximum Gasteiger partial charge on any atom is 0.00893 e. The minimum Gasteiger partial charge on any atom is -0.319 e. The van der Waals surface area contributed by atoms with Crippen molar-refractivity contribution < 1.29 is 0 Å². The van der Waals surface area contributed by atoms with E-state index in [1.165, 1.54) is 32.2 Å². The van der Waals surface area contributed by atoms with E-state index >= 15 is 0 Å². The molecule has 12 heavy (non-hydrogen) atoms. The largest absolute Gasteiger partial charge is 0.319 e. The van der Waals surface area contributed by atoms with Crippen molar-refractivity contribution in [3.8, 4) is 0 Å². The van der Waals surface area contributed by atoms with Gasteiger partial charge in [-0.2, -0.15) is 0 Å². The summed E-state index contributed by atoms with van der Waals surface area (Å²) < 4.78 is 0. The molecular formula is C10H22N2.